The zero-order valence-corrected chi connectivity index (χ0v) is 26.7. The van der Waals surface area contributed by atoms with Crippen molar-refractivity contribution in [3.63, 3.8) is 0 Å². The third-order valence-corrected chi connectivity index (χ3v) is 8.95. The van der Waals surface area contributed by atoms with Crippen LogP contribution < -0.4 is 16.0 Å². The van der Waals surface area contributed by atoms with Crippen LogP contribution in [0.5, 0.6) is 0 Å². The molecule has 8 nitrogen and oxygen atoms in total. The lowest BCUT2D eigenvalue weighted by atomic mass is 9.85. The maximum Gasteiger partial charge on any atom is 0.410 e. The molecule has 0 unspecified atom stereocenters. The predicted molar refractivity (Wildman–Crippen MR) is 164 cm³/mol. The number of fused-ring (bicyclic) bond motifs is 1. The van der Waals surface area contributed by atoms with Gasteiger partial charge in [0.1, 0.15) is 10.6 Å². The number of nitrogens with one attached hydrogen (secondary N) is 3. The average molecular weight is 687 g/mol. The molecule has 3 N–H and O–H groups in total. The number of piperidine rings is 1. The molecule has 0 aliphatic carbocycles. The van der Waals surface area contributed by atoms with E-state index in [4.69, 9.17) is 16.3 Å². The number of carbonyl (C=O) groups excluding carboxylic acids is 3. The molecule has 3 heterocycles. The van der Waals surface area contributed by atoms with Crippen LogP contribution in [0.2, 0.25) is 5.02 Å². The molecule has 1 saturated heterocycles. The van der Waals surface area contributed by atoms with Crippen molar-refractivity contribution < 1.29 is 19.1 Å². The van der Waals surface area contributed by atoms with E-state index < -0.39 is 5.60 Å². The first kappa shape index (κ1) is 29.9. The van der Waals surface area contributed by atoms with E-state index in [1.165, 1.54) is 11.3 Å². The highest BCUT2D eigenvalue weighted by molar-refractivity contribution is 14.1. The molecule has 39 heavy (non-hydrogen) atoms. The van der Waals surface area contributed by atoms with Gasteiger partial charge in [0.05, 0.1) is 21.2 Å². The van der Waals surface area contributed by atoms with Gasteiger partial charge in [-0.25, -0.2) is 4.79 Å². The monoisotopic (exact) mass is 686 g/mol. The van der Waals surface area contributed by atoms with Gasteiger partial charge in [-0.2, -0.15) is 0 Å². The van der Waals surface area contributed by atoms with E-state index in [9.17, 15) is 14.4 Å². The Labute approximate surface area is 252 Å². The number of amides is 3. The fraction of sp³-hybridized carbons (Fsp3) is 0.536. The highest BCUT2D eigenvalue weighted by Crippen LogP contribution is 2.41. The van der Waals surface area contributed by atoms with Crippen LogP contribution in [0.15, 0.2) is 18.2 Å². The third-order valence-electron chi connectivity index (χ3n) is 6.82. The molecule has 1 aromatic carbocycles. The minimum absolute atomic E-state index is 0.161. The zero-order valence-electron chi connectivity index (χ0n) is 23.0. The Morgan fingerprint density at radius 1 is 1.26 bits per heavy atom. The summed E-state index contributed by atoms with van der Waals surface area (Å²) in [6, 6.07) is 5.66. The maximum absolute atomic E-state index is 13.7. The molecular weight excluding hydrogens is 651 g/mol. The largest absolute Gasteiger partial charge is 0.444 e. The Hall–Kier alpha value is -2.05. The van der Waals surface area contributed by atoms with Crippen molar-refractivity contribution in [2.24, 2.45) is 11.3 Å². The van der Waals surface area contributed by atoms with Crippen molar-refractivity contribution in [1.29, 1.82) is 0 Å². The first-order valence-corrected chi connectivity index (χ1v) is 15.4. The number of thiophene rings is 1. The summed E-state index contributed by atoms with van der Waals surface area (Å²) >= 11 is 9.98. The maximum atomic E-state index is 13.7. The summed E-state index contributed by atoms with van der Waals surface area (Å²) in [5.41, 5.74) is 1.21. The summed E-state index contributed by atoms with van der Waals surface area (Å²) in [7, 11) is 0. The van der Waals surface area contributed by atoms with Crippen LogP contribution in [-0.2, 0) is 11.2 Å². The normalized spacial score (nSPS) is 17.6. The van der Waals surface area contributed by atoms with Crippen molar-refractivity contribution >= 4 is 74.1 Å². The Bertz CT molecular complexity index is 1260. The Morgan fingerprint density at radius 2 is 1.95 bits per heavy atom. The van der Waals surface area contributed by atoms with Gasteiger partial charge in [-0.05, 0) is 97.7 Å². The molecule has 3 amide bonds. The van der Waals surface area contributed by atoms with Gasteiger partial charge < -0.3 is 25.6 Å². The summed E-state index contributed by atoms with van der Waals surface area (Å²) in [5, 5.41) is 10.6. The van der Waals surface area contributed by atoms with Gasteiger partial charge in [-0.15, -0.1) is 11.3 Å². The molecule has 1 aromatic heterocycles. The van der Waals surface area contributed by atoms with Crippen LogP contribution in [-0.4, -0.2) is 54.6 Å². The number of likely N-dealkylation sites (tertiary alicyclic amines) is 1. The van der Waals surface area contributed by atoms with Crippen molar-refractivity contribution in [2.45, 2.75) is 59.5 Å². The minimum Gasteiger partial charge on any atom is -0.444 e. The number of ether oxygens (including phenoxy) is 1. The first-order valence-electron chi connectivity index (χ1n) is 13.1. The minimum atomic E-state index is -0.528. The van der Waals surface area contributed by atoms with Crippen LogP contribution in [0.4, 0.5) is 15.5 Å². The molecule has 0 bridgehead atoms. The first-order chi connectivity index (χ1) is 18.2. The van der Waals surface area contributed by atoms with Gasteiger partial charge in [-0.1, -0.05) is 25.4 Å². The van der Waals surface area contributed by atoms with Crippen molar-refractivity contribution in [3.8, 4) is 0 Å². The van der Waals surface area contributed by atoms with Crippen molar-refractivity contribution in [1.82, 2.24) is 15.5 Å². The third kappa shape index (κ3) is 7.58. The molecular formula is C28H36ClIN4O4S. The van der Waals surface area contributed by atoms with Crippen LogP contribution in [0.25, 0.3) is 0 Å². The van der Waals surface area contributed by atoms with Crippen LogP contribution in [0.3, 0.4) is 0 Å². The molecule has 2 aliphatic heterocycles. The van der Waals surface area contributed by atoms with Crippen LogP contribution >= 0.6 is 45.5 Å². The molecule has 2 aromatic rings. The Morgan fingerprint density at radius 3 is 2.59 bits per heavy atom. The standard InChI is InChI=1S/C28H36ClIN4O4S/c1-27(2,3)38-26(37)34-10-8-16(9-11-34)14-31-23(35)21-18-13-28(4,5)15-32-24(36)22(18)39-25(21)33-20-7-6-17(30)12-19(20)29/h6-7,12,16,33H,8-11,13-15H2,1-5H3,(H,31,35)(H,32,36). The average Bonchev–Trinajstić information content (AvgIpc) is 3.13. The van der Waals surface area contributed by atoms with Gasteiger partial charge >= 0.3 is 6.09 Å². The highest BCUT2D eigenvalue weighted by atomic mass is 127. The lowest BCUT2D eigenvalue weighted by Crippen LogP contribution is -2.43. The lowest BCUT2D eigenvalue weighted by molar-refractivity contribution is 0.0183. The fourth-order valence-corrected chi connectivity index (χ4v) is 6.82. The van der Waals surface area contributed by atoms with Gasteiger partial charge in [-0.3, -0.25) is 9.59 Å². The lowest BCUT2D eigenvalue weighted by Gasteiger charge is -2.33. The second kappa shape index (κ2) is 11.8. The Balaban J connectivity index is 1.52. The molecule has 2 aliphatic rings. The molecule has 0 spiro atoms. The topological polar surface area (TPSA) is 99.8 Å². The highest BCUT2D eigenvalue weighted by Gasteiger charge is 2.35. The van der Waals surface area contributed by atoms with E-state index in [-0.39, 0.29) is 29.2 Å². The van der Waals surface area contributed by atoms with Gasteiger partial charge in [0.15, 0.2) is 0 Å². The number of hydrogen-bond acceptors (Lipinski definition) is 6. The van der Waals surface area contributed by atoms with Crippen LogP contribution in [0.1, 0.15) is 73.1 Å². The van der Waals surface area contributed by atoms with Gasteiger partial charge in [0.2, 0.25) is 0 Å². The summed E-state index contributed by atoms with van der Waals surface area (Å²) in [6.07, 6.45) is 1.86. The molecule has 0 atom stereocenters. The SMILES string of the molecule is CC1(C)CNC(=O)c2sc(Nc3ccc(I)cc3Cl)c(C(=O)NCC3CCN(C(=O)OC(C)(C)C)CC3)c2C1. The van der Waals surface area contributed by atoms with E-state index in [0.29, 0.717) is 58.8 Å². The van der Waals surface area contributed by atoms with E-state index in [1.54, 1.807) is 4.90 Å². The number of hydrogen-bond donors (Lipinski definition) is 3. The predicted octanol–water partition coefficient (Wildman–Crippen LogP) is 6.44. The molecule has 0 saturated carbocycles. The van der Waals surface area contributed by atoms with Crippen molar-refractivity contribution in [3.05, 3.63) is 42.8 Å². The molecule has 1 fully saturated rings. The number of halogens is 2. The summed E-state index contributed by atoms with van der Waals surface area (Å²) < 4.78 is 6.50. The zero-order chi connectivity index (χ0) is 28.5. The van der Waals surface area contributed by atoms with Crippen LogP contribution in [0, 0.1) is 14.9 Å². The summed E-state index contributed by atoms with van der Waals surface area (Å²) in [5.74, 6) is -0.130. The van der Waals surface area contributed by atoms with E-state index in [1.807, 2.05) is 39.0 Å². The quantitative estimate of drug-likeness (QED) is 0.315. The second-order valence-electron chi connectivity index (χ2n) is 12.0. The Kier molecular flexibility index (Phi) is 9.07. The number of anilines is 2. The van der Waals surface area contributed by atoms with E-state index in [2.05, 4.69) is 52.4 Å². The van der Waals surface area contributed by atoms with Gasteiger partial charge in [0.25, 0.3) is 11.8 Å². The number of carbonyl (C=O) groups is 3. The smallest absolute Gasteiger partial charge is 0.410 e. The summed E-state index contributed by atoms with van der Waals surface area (Å²) in [6.45, 7) is 12.0. The number of nitrogens with zero attached hydrogens (tertiary/aromatic N) is 1. The second-order valence-corrected chi connectivity index (χ2v) is 14.7. The molecule has 4 rings (SSSR count). The number of rotatable bonds is 5. The molecule has 0 radical (unpaired) electrons. The van der Waals surface area contributed by atoms with Crippen molar-refractivity contribution in [2.75, 3.05) is 31.5 Å². The van der Waals surface area contributed by atoms with E-state index >= 15 is 0 Å². The fourth-order valence-electron chi connectivity index (χ4n) is 4.77. The van der Waals surface area contributed by atoms with E-state index in [0.717, 1.165) is 22.0 Å². The molecule has 11 heteroatoms. The number of benzene rings is 1. The summed E-state index contributed by atoms with van der Waals surface area (Å²) in [4.78, 5) is 41.4. The molecule has 212 valence electrons. The van der Waals surface area contributed by atoms with Gasteiger partial charge in [0, 0.05) is 29.7 Å².